The lowest BCUT2D eigenvalue weighted by molar-refractivity contribution is 0.0952. The number of carbonyl (C=O) groups excluding carboxylic acids is 1. The van der Waals surface area contributed by atoms with Gasteiger partial charge in [0.2, 0.25) is 0 Å². The third-order valence-electron chi connectivity index (χ3n) is 4.17. The van der Waals surface area contributed by atoms with Crippen molar-refractivity contribution in [2.45, 2.75) is 12.8 Å². The summed E-state index contributed by atoms with van der Waals surface area (Å²) in [5, 5.41) is 9.31. The van der Waals surface area contributed by atoms with E-state index in [9.17, 15) is 13.6 Å². The molecule has 1 aliphatic carbocycles. The van der Waals surface area contributed by atoms with Crippen LogP contribution in [0.2, 0.25) is 0 Å². The van der Waals surface area contributed by atoms with Crippen LogP contribution in [0.15, 0.2) is 24.3 Å². The highest BCUT2D eigenvalue weighted by atomic mass is 127. The van der Waals surface area contributed by atoms with Gasteiger partial charge in [-0.1, -0.05) is 4.49 Å². The first kappa shape index (κ1) is 17.5. The quantitative estimate of drug-likeness (QED) is 0.523. The molecule has 0 spiro atoms. The van der Waals surface area contributed by atoms with Crippen molar-refractivity contribution in [2.24, 2.45) is 5.92 Å². The van der Waals surface area contributed by atoms with E-state index in [-0.39, 0.29) is 22.5 Å². The Morgan fingerprint density at radius 1 is 1.31 bits per heavy atom. The van der Waals surface area contributed by atoms with Gasteiger partial charge in [0.1, 0.15) is 11.3 Å². The molecular formula is C17H13F2IN4OS. The molecule has 3 aromatic rings. The zero-order valence-electron chi connectivity index (χ0n) is 13.4. The van der Waals surface area contributed by atoms with E-state index in [1.165, 1.54) is 18.2 Å². The molecule has 1 amide bonds. The van der Waals surface area contributed by atoms with Gasteiger partial charge in [-0.2, -0.15) is 0 Å². The molecular weight excluding hydrogens is 473 g/mol. The number of nitrogens with one attached hydrogen (secondary N) is 2. The number of anilines is 2. The average Bonchev–Trinajstić information content (AvgIpc) is 3.32. The van der Waals surface area contributed by atoms with Crippen molar-refractivity contribution >= 4 is 61.6 Å². The van der Waals surface area contributed by atoms with Crippen LogP contribution in [0.25, 0.3) is 10.2 Å². The monoisotopic (exact) mass is 486 g/mol. The van der Waals surface area contributed by atoms with Gasteiger partial charge < -0.3 is 10.6 Å². The second-order valence-corrected chi connectivity index (χ2v) is 8.17. The molecule has 1 heterocycles. The van der Waals surface area contributed by atoms with E-state index in [2.05, 4.69) is 20.2 Å². The minimum absolute atomic E-state index is 0.0576. The molecule has 0 aliphatic heterocycles. The van der Waals surface area contributed by atoms with Gasteiger partial charge in [0, 0.05) is 10.1 Å². The number of hydrogen-bond donors (Lipinski definition) is 2. The fourth-order valence-electron chi connectivity index (χ4n) is 2.57. The number of rotatable bonds is 5. The number of carbonyl (C=O) groups is 1. The molecule has 1 aliphatic rings. The number of benzene rings is 2. The number of fused-ring (bicyclic) bond motifs is 1. The minimum Gasteiger partial charge on any atom is -0.352 e. The van der Waals surface area contributed by atoms with Crippen molar-refractivity contribution in [1.82, 2.24) is 14.9 Å². The van der Waals surface area contributed by atoms with E-state index >= 15 is 0 Å². The van der Waals surface area contributed by atoms with Crippen molar-refractivity contribution < 1.29 is 13.6 Å². The third-order valence-corrected chi connectivity index (χ3v) is 5.51. The standard InChI is InChI=1S/C17H13F2IN4OS/c18-11-5-9(20)3-4-12(11)22-15-10(17(25)21-7-8-1-2-8)6-13-16(14(15)19)23-24-26-13/h3-6,8,22H,1-2,7H2,(H,21,25). The van der Waals surface area contributed by atoms with Gasteiger partial charge >= 0.3 is 0 Å². The fourth-order valence-corrected chi connectivity index (χ4v) is 3.62. The maximum atomic E-state index is 15.0. The first-order chi connectivity index (χ1) is 12.5. The van der Waals surface area contributed by atoms with Crippen LogP contribution in [0.5, 0.6) is 0 Å². The molecule has 0 radical (unpaired) electrons. The lowest BCUT2D eigenvalue weighted by Gasteiger charge is -2.14. The van der Waals surface area contributed by atoms with Crippen LogP contribution >= 0.6 is 34.1 Å². The molecule has 5 nitrogen and oxygen atoms in total. The third kappa shape index (κ3) is 3.50. The molecule has 1 saturated carbocycles. The highest BCUT2D eigenvalue weighted by Crippen LogP contribution is 2.33. The highest BCUT2D eigenvalue weighted by Gasteiger charge is 2.25. The van der Waals surface area contributed by atoms with Crippen molar-refractivity contribution in [3.63, 3.8) is 0 Å². The molecule has 0 unspecified atom stereocenters. The Kier molecular flexibility index (Phi) is 4.74. The lowest BCUT2D eigenvalue weighted by Crippen LogP contribution is -2.26. The number of hydrogen-bond acceptors (Lipinski definition) is 5. The zero-order chi connectivity index (χ0) is 18.3. The van der Waals surface area contributed by atoms with Crippen molar-refractivity contribution in [2.75, 3.05) is 11.9 Å². The summed E-state index contributed by atoms with van der Waals surface area (Å²) in [6.45, 7) is 0.552. The van der Waals surface area contributed by atoms with Crippen LogP contribution in [0.4, 0.5) is 20.2 Å². The predicted molar refractivity (Wildman–Crippen MR) is 105 cm³/mol. The number of amides is 1. The van der Waals surface area contributed by atoms with Crippen LogP contribution in [0.3, 0.4) is 0 Å². The second kappa shape index (κ2) is 7.03. The van der Waals surface area contributed by atoms with Crippen LogP contribution < -0.4 is 10.6 Å². The number of nitrogens with zero attached hydrogens (tertiary/aromatic N) is 2. The van der Waals surface area contributed by atoms with Crippen molar-refractivity contribution in [3.8, 4) is 0 Å². The van der Waals surface area contributed by atoms with E-state index in [4.69, 9.17) is 0 Å². The summed E-state index contributed by atoms with van der Waals surface area (Å²) in [6.07, 6.45) is 2.18. The predicted octanol–water partition coefficient (Wildman–Crippen LogP) is 4.46. The zero-order valence-corrected chi connectivity index (χ0v) is 16.3. The minimum atomic E-state index is -0.717. The van der Waals surface area contributed by atoms with Crippen LogP contribution in [0.1, 0.15) is 23.2 Å². The van der Waals surface area contributed by atoms with E-state index in [0.717, 1.165) is 24.4 Å². The molecule has 0 saturated heterocycles. The van der Waals surface area contributed by atoms with Gasteiger partial charge in [0.15, 0.2) is 5.82 Å². The maximum absolute atomic E-state index is 15.0. The number of halogens is 3. The Labute approximate surface area is 165 Å². The van der Waals surface area contributed by atoms with Crippen molar-refractivity contribution in [3.05, 3.63) is 45.0 Å². The summed E-state index contributed by atoms with van der Waals surface area (Å²) in [6, 6.07) is 6.07. The summed E-state index contributed by atoms with van der Waals surface area (Å²) < 4.78 is 34.1. The lowest BCUT2D eigenvalue weighted by atomic mass is 10.1. The maximum Gasteiger partial charge on any atom is 0.253 e. The Balaban J connectivity index is 1.75. The second-order valence-electron chi connectivity index (χ2n) is 6.14. The normalized spacial score (nSPS) is 13.8. The van der Waals surface area contributed by atoms with Gasteiger partial charge in [-0.15, -0.1) is 5.10 Å². The molecule has 1 fully saturated rings. The molecule has 26 heavy (non-hydrogen) atoms. The van der Waals surface area contributed by atoms with Crippen LogP contribution in [-0.2, 0) is 0 Å². The Morgan fingerprint density at radius 2 is 2.12 bits per heavy atom. The van der Waals surface area contributed by atoms with E-state index in [1.807, 2.05) is 22.6 Å². The molecule has 9 heteroatoms. The summed E-state index contributed by atoms with van der Waals surface area (Å²) in [5.74, 6) is -1.16. The smallest absolute Gasteiger partial charge is 0.253 e. The van der Waals surface area contributed by atoms with E-state index in [1.54, 1.807) is 6.07 Å². The van der Waals surface area contributed by atoms with E-state index < -0.39 is 17.5 Å². The topological polar surface area (TPSA) is 66.9 Å². The van der Waals surface area contributed by atoms with E-state index in [0.29, 0.717) is 20.7 Å². The van der Waals surface area contributed by atoms with Crippen LogP contribution in [-0.4, -0.2) is 22.0 Å². The van der Waals surface area contributed by atoms with Gasteiger partial charge in [-0.3, -0.25) is 4.79 Å². The molecule has 1 aromatic heterocycles. The summed E-state index contributed by atoms with van der Waals surface area (Å²) >= 11 is 2.99. The fraction of sp³-hybridized carbons (Fsp3) is 0.235. The first-order valence-electron chi connectivity index (χ1n) is 7.98. The van der Waals surface area contributed by atoms with Crippen molar-refractivity contribution in [1.29, 1.82) is 0 Å². The Morgan fingerprint density at radius 3 is 2.85 bits per heavy atom. The first-order valence-corrected chi connectivity index (χ1v) is 9.83. The van der Waals surface area contributed by atoms with Gasteiger partial charge in [-0.25, -0.2) is 8.78 Å². The molecule has 134 valence electrons. The Bertz CT molecular complexity index is 1010. The molecule has 0 bridgehead atoms. The van der Waals surface area contributed by atoms with Gasteiger partial charge in [-0.05, 0) is 77.1 Å². The Hall–Kier alpha value is -1.88. The molecule has 2 N–H and O–H groups in total. The summed E-state index contributed by atoms with van der Waals surface area (Å²) in [4.78, 5) is 12.6. The molecule has 4 rings (SSSR count). The average molecular weight is 486 g/mol. The summed E-state index contributed by atoms with van der Waals surface area (Å²) in [7, 11) is 0. The highest BCUT2D eigenvalue weighted by molar-refractivity contribution is 14.1. The van der Waals surface area contributed by atoms with Gasteiger partial charge in [0.25, 0.3) is 5.91 Å². The SMILES string of the molecule is O=C(NCC1CC1)c1cc2snnc2c(F)c1Nc1ccc(I)cc1F. The number of aromatic nitrogens is 2. The largest absolute Gasteiger partial charge is 0.352 e. The molecule has 0 atom stereocenters. The molecule has 2 aromatic carbocycles. The summed E-state index contributed by atoms with van der Waals surface area (Å²) in [5.41, 5.74) is 0.156. The van der Waals surface area contributed by atoms with Crippen LogP contribution in [0, 0.1) is 21.1 Å². The van der Waals surface area contributed by atoms with Gasteiger partial charge in [0.05, 0.1) is 21.6 Å².